The Balaban J connectivity index is 1.67. The van der Waals surface area contributed by atoms with Gasteiger partial charge in [0.25, 0.3) is 0 Å². The predicted octanol–water partition coefficient (Wildman–Crippen LogP) is 5.02. The van der Waals surface area contributed by atoms with Crippen molar-refractivity contribution in [3.63, 3.8) is 0 Å². The standard InChI is InChI=1S/C26H30N2O3S2/c1-4-20(3)28(33(30,31)22-12-10-19(2)11-13-22)18-25(29)27-16-14-24-23(15-17-32-24)26(27)21-8-6-5-7-9-21/h5-13,15,17,20,26H,4,14,16,18H2,1-3H3. The molecule has 0 radical (unpaired) electrons. The first-order valence-electron chi connectivity index (χ1n) is 11.3. The molecule has 174 valence electrons. The number of sulfonamides is 1. The second-order valence-corrected chi connectivity index (χ2v) is 11.5. The van der Waals surface area contributed by atoms with Crippen LogP contribution in [0, 0.1) is 6.92 Å². The minimum atomic E-state index is -3.81. The molecule has 0 aliphatic carbocycles. The lowest BCUT2D eigenvalue weighted by Gasteiger charge is -2.38. The summed E-state index contributed by atoms with van der Waals surface area (Å²) in [6.45, 7) is 6.13. The lowest BCUT2D eigenvalue weighted by Crippen LogP contribution is -2.49. The summed E-state index contributed by atoms with van der Waals surface area (Å²) in [5.74, 6) is -0.170. The maximum absolute atomic E-state index is 13.7. The van der Waals surface area contributed by atoms with Crippen molar-refractivity contribution in [2.45, 2.75) is 50.6 Å². The summed E-state index contributed by atoms with van der Waals surface area (Å²) in [5.41, 5.74) is 3.18. The molecule has 2 atom stereocenters. The summed E-state index contributed by atoms with van der Waals surface area (Å²) in [6, 6.07) is 18.4. The van der Waals surface area contributed by atoms with E-state index in [0.717, 1.165) is 23.1 Å². The molecule has 1 aliphatic rings. The number of fused-ring (bicyclic) bond motifs is 1. The Hall–Kier alpha value is -2.48. The van der Waals surface area contributed by atoms with Crippen LogP contribution in [0.2, 0.25) is 0 Å². The lowest BCUT2D eigenvalue weighted by atomic mass is 9.93. The van der Waals surface area contributed by atoms with Crippen LogP contribution in [0.3, 0.4) is 0 Å². The number of benzene rings is 2. The quantitative estimate of drug-likeness (QED) is 0.475. The maximum atomic E-state index is 13.7. The van der Waals surface area contributed by atoms with Crippen LogP contribution >= 0.6 is 11.3 Å². The first-order chi connectivity index (χ1) is 15.8. The highest BCUT2D eigenvalue weighted by Crippen LogP contribution is 2.38. The van der Waals surface area contributed by atoms with Gasteiger partial charge in [-0.3, -0.25) is 4.79 Å². The smallest absolute Gasteiger partial charge is 0.243 e. The average molecular weight is 483 g/mol. The molecule has 0 saturated carbocycles. The predicted molar refractivity (Wildman–Crippen MR) is 133 cm³/mol. The molecule has 33 heavy (non-hydrogen) atoms. The summed E-state index contributed by atoms with van der Waals surface area (Å²) >= 11 is 1.72. The highest BCUT2D eigenvalue weighted by atomic mass is 32.2. The van der Waals surface area contributed by atoms with Crippen molar-refractivity contribution >= 4 is 27.3 Å². The molecule has 5 nitrogen and oxygen atoms in total. The fraction of sp³-hybridized carbons (Fsp3) is 0.346. The van der Waals surface area contributed by atoms with Gasteiger partial charge in [-0.05, 0) is 61.4 Å². The second-order valence-electron chi connectivity index (χ2n) is 8.57. The van der Waals surface area contributed by atoms with Gasteiger partial charge in [0, 0.05) is 17.5 Å². The summed E-state index contributed by atoms with van der Waals surface area (Å²) < 4.78 is 28.4. The normalized spacial score (nSPS) is 17.1. The van der Waals surface area contributed by atoms with Crippen LogP contribution in [0.1, 0.15) is 47.9 Å². The van der Waals surface area contributed by atoms with Gasteiger partial charge >= 0.3 is 0 Å². The number of amides is 1. The van der Waals surface area contributed by atoms with E-state index in [4.69, 9.17) is 0 Å². The van der Waals surface area contributed by atoms with E-state index in [9.17, 15) is 13.2 Å². The first kappa shape index (κ1) is 23.7. The van der Waals surface area contributed by atoms with E-state index >= 15 is 0 Å². The minimum Gasteiger partial charge on any atom is -0.330 e. The van der Waals surface area contributed by atoms with Gasteiger partial charge in [-0.25, -0.2) is 8.42 Å². The molecule has 0 fully saturated rings. The molecule has 0 saturated heterocycles. The minimum absolute atomic E-state index is 0.170. The van der Waals surface area contributed by atoms with Gasteiger partial charge in [0.05, 0.1) is 17.5 Å². The van der Waals surface area contributed by atoms with Crippen molar-refractivity contribution in [1.82, 2.24) is 9.21 Å². The van der Waals surface area contributed by atoms with Gasteiger partial charge in [-0.1, -0.05) is 55.0 Å². The largest absolute Gasteiger partial charge is 0.330 e. The van der Waals surface area contributed by atoms with E-state index in [-0.39, 0.29) is 29.4 Å². The molecule has 7 heteroatoms. The Labute approximate surface area is 200 Å². The van der Waals surface area contributed by atoms with Gasteiger partial charge in [-0.2, -0.15) is 4.31 Å². The Morgan fingerprint density at radius 2 is 1.82 bits per heavy atom. The number of nitrogens with zero attached hydrogens (tertiary/aromatic N) is 2. The monoisotopic (exact) mass is 482 g/mol. The third-order valence-electron chi connectivity index (χ3n) is 6.40. The fourth-order valence-electron chi connectivity index (χ4n) is 4.33. The highest BCUT2D eigenvalue weighted by molar-refractivity contribution is 7.89. The van der Waals surface area contributed by atoms with Crippen LogP contribution in [0.15, 0.2) is 70.9 Å². The molecule has 0 bridgehead atoms. The summed E-state index contributed by atoms with van der Waals surface area (Å²) in [5, 5.41) is 2.07. The molecule has 0 spiro atoms. The van der Waals surface area contributed by atoms with Crippen molar-refractivity contribution in [2.24, 2.45) is 0 Å². The van der Waals surface area contributed by atoms with E-state index in [1.165, 1.54) is 9.18 Å². The molecular weight excluding hydrogens is 452 g/mol. The molecule has 1 amide bonds. The van der Waals surface area contributed by atoms with Gasteiger partial charge in [0.2, 0.25) is 15.9 Å². The Kier molecular flexibility index (Phi) is 7.02. The highest BCUT2D eigenvalue weighted by Gasteiger charge is 2.36. The third-order valence-corrected chi connectivity index (χ3v) is 9.37. The van der Waals surface area contributed by atoms with Crippen molar-refractivity contribution in [3.05, 3.63) is 87.6 Å². The lowest BCUT2D eigenvalue weighted by molar-refractivity contribution is -0.133. The molecule has 1 aromatic heterocycles. The molecule has 1 aliphatic heterocycles. The van der Waals surface area contributed by atoms with Crippen molar-refractivity contribution < 1.29 is 13.2 Å². The van der Waals surface area contributed by atoms with Crippen LogP contribution in [-0.2, 0) is 21.2 Å². The number of thiophene rings is 1. The van der Waals surface area contributed by atoms with E-state index in [1.54, 1.807) is 35.6 Å². The summed E-state index contributed by atoms with van der Waals surface area (Å²) in [6.07, 6.45) is 1.41. The molecule has 0 N–H and O–H groups in total. The van der Waals surface area contributed by atoms with Gasteiger partial charge in [0.15, 0.2) is 0 Å². The zero-order valence-corrected chi connectivity index (χ0v) is 20.9. The van der Waals surface area contributed by atoms with Crippen LogP contribution in [0.5, 0.6) is 0 Å². The Bertz CT molecular complexity index is 1200. The average Bonchev–Trinajstić information content (AvgIpc) is 3.31. The third kappa shape index (κ3) is 4.76. The molecule has 2 aromatic carbocycles. The summed E-state index contributed by atoms with van der Waals surface area (Å²) in [7, 11) is -3.81. The zero-order valence-electron chi connectivity index (χ0n) is 19.3. The summed E-state index contributed by atoms with van der Waals surface area (Å²) in [4.78, 5) is 17.1. The first-order valence-corrected chi connectivity index (χ1v) is 13.6. The van der Waals surface area contributed by atoms with Gasteiger partial charge in [-0.15, -0.1) is 11.3 Å². The van der Waals surface area contributed by atoms with Crippen LogP contribution in [0.4, 0.5) is 0 Å². The molecule has 2 unspecified atom stereocenters. The second kappa shape index (κ2) is 9.79. The molecule has 2 heterocycles. The van der Waals surface area contributed by atoms with E-state index in [0.29, 0.717) is 13.0 Å². The number of hydrogen-bond acceptors (Lipinski definition) is 4. The molecule has 3 aromatic rings. The Morgan fingerprint density at radius 1 is 1.12 bits per heavy atom. The van der Waals surface area contributed by atoms with Crippen molar-refractivity contribution in [2.75, 3.05) is 13.1 Å². The number of carbonyl (C=O) groups excluding carboxylic acids is 1. The molecule has 4 rings (SSSR count). The maximum Gasteiger partial charge on any atom is 0.243 e. The SMILES string of the molecule is CCC(C)N(CC(=O)N1CCc2sccc2C1c1ccccc1)S(=O)(=O)c1ccc(C)cc1. The van der Waals surface area contributed by atoms with Crippen LogP contribution in [0.25, 0.3) is 0 Å². The number of hydrogen-bond donors (Lipinski definition) is 0. The van der Waals surface area contributed by atoms with Crippen LogP contribution < -0.4 is 0 Å². The topological polar surface area (TPSA) is 57.7 Å². The van der Waals surface area contributed by atoms with Gasteiger partial charge < -0.3 is 4.90 Å². The zero-order chi connectivity index (χ0) is 23.6. The molecular formula is C26H30N2O3S2. The van der Waals surface area contributed by atoms with Crippen molar-refractivity contribution in [1.29, 1.82) is 0 Å². The van der Waals surface area contributed by atoms with Crippen molar-refractivity contribution in [3.8, 4) is 0 Å². The fourth-order valence-corrected chi connectivity index (χ4v) is 6.89. The van der Waals surface area contributed by atoms with E-state index < -0.39 is 10.0 Å². The Morgan fingerprint density at radius 3 is 2.48 bits per heavy atom. The van der Waals surface area contributed by atoms with Crippen LogP contribution in [-0.4, -0.2) is 42.7 Å². The number of rotatable bonds is 7. The van der Waals surface area contributed by atoms with E-state index in [1.807, 2.05) is 56.0 Å². The number of aryl methyl sites for hydroxylation is 1. The number of carbonyl (C=O) groups is 1. The van der Waals surface area contributed by atoms with Gasteiger partial charge in [0.1, 0.15) is 0 Å². The van der Waals surface area contributed by atoms with E-state index in [2.05, 4.69) is 11.4 Å².